The summed E-state index contributed by atoms with van der Waals surface area (Å²) in [5.74, 6) is 0.539. The number of carbonyl (C=O) groups is 2. The lowest BCUT2D eigenvalue weighted by molar-refractivity contribution is 0.0601. The number of anilines is 1. The van der Waals surface area contributed by atoms with Gasteiger partial charge in [0.05, 0.1) is 19.8 Å². The van der Waals surface area contributed by atoms with E-state index in [9.17, 15) is 9.59 Å². The Balaban J connectivity index is 1.38. The highest BCUT2D eigenvalue weighted by atomic mass is 32.1. The average Bonchev–Trinajstić information content (AvgIpc) is 3.42. The molecule has 0 radical (unpaired) electrons. The molecule has 11 heteroatoms. The molecule has 1 saturated heterocycles. The second-order valence-corrected chi connectivity index (χ2v) is 9.03. The average molecular weight is 492 g/mol. The Morgan fingerprint density at radius 2 is 1.79 bits per heavy atom. The Morgan fingerprint density at radius 3 is 2.48 bits per heavy atom. The third kappa shape index (κ3) is 4.90. The van der Waals surface area contributed by atoms with Crippen LogP contribution in [-0.2, 0) is 16.0 Å². The first kappa shape index (κ1) is 23.3. The van der Waals surface area contributed by atoms with Crippen LogP contribution in [0.1, 0.15) is 31.2 Å². The molecule has 0 unspecified atom stereocenters. The topological polar surface area (TPSA) is 89.6 Å². The fourth-order valence-electron chi connectivity index (χ4n) is 3.82. The van der Waals surface area contributed by atoms with Gasteiger partial charge in [0.15, 0.2) is 16.6 Å². The number of thiocarbonyl (C=S) groups is 1. The standard InChI is InChI=1S/C22H25N3O6S2/c1-13-17(20(26)28-2)19(33-18(13)21(27)29-3)23-22(32)25-8-6-24(7-9-25)11-14-4-5-15-16(10-14)31-12-30-15/h4-5,10H,6-9,11-12H2,1-3H3,(H,23,32). The van der Waals surface area contributed by atoms with Crippen LogP contribution in [0.15, 0.2) is 18.2 Å². The molecule has 0 spiro atoms. The Bertz CT molecular complexity index is 1080. The Morgan fingerprint density at radius 1 is 1.09 bits per heavy atom. The van der Waals surface area contributed by atoms with E-state index in [4.69, 9.17) is 31.2 Å². The van der Waals surface area contributed by atoms with Gasteiger partial charge in [0, 0.05) is 32.7 Å². The van der Waals surface area contributed by atoms with Crippen molar-refractivity contribution in [1.82, 2.24) is 9.80 Å². The number of thiophene rings is 1. The first-order chi connectivity index (χ1) is 15.9. The summed E-state index contributed by atoms with van der Waals surface area (Å²) in [5, 5.41) is 4.13. The number of nitrogens with zero attached hydrogens (tertiary/aromatic N) is 2. The summed E-state index contributed by atoms with van der Waals surface area (Å²) in [4.78, 5) is 29.2. The maximum Gasteiger partial charge on any atom is 0.348 e. The molecule has 0 atom stereocenters. The van der Waals surface area contributed by atoms with Gasteiger partial charge in [0.25, 0.3) is 0 Å². The molecule has 1 aromatic heterocycles. The number of ether oxygens (including phenoxy) is 4. The molecule has 2 aliphatic rings. The lowest BCUT2D eigenvalue weighted by Crippen LogP contribution is -2.49. The lowest BCUT2D eigenvalue weighted by Gasteiger charge is -2.36. The van der Waals surface area contributed by atoms with E-state index in [-0.39, 0.29) is 6.79 Å². The highest BCUT2D eigenvalue weighted by molar-refractivity contribution is 7.80. The maximum absolute atomic E-state index is 12.3. The van der Waals surface area contributed by atoms with Crippen molar-refractivity contribution in [3.63, 3.8) is 0 Å². The third-order valence-electron chi connectivity index (χ3n) is 5.63. The van der Waals surface area contributed by atoms with Crippen LogP contribution in [0.5, 0.6) is 11.5 Å². The molecule has 3 heterocycles. The fraction of sp³-hybridized carbons (Fsp3) is 0.409. The minimum Gasteiger partial charge on any atom is -0.465 e. The fourth-order valence-corrected chi connectivity index (χ4v) is 5.28. The number of carbonyl (C=O) groups excluding carboxylic acids is 2. The van der Waals surface area contributed by atoms with Crippen molar-refractivity contribution in [2.75, 3.05) is 52.5 Å². The third-order valence-corrected chi connectivity index (χ3v) is 7.18. The summed E-state index contributed by atoms with van der Waals surface area (Å²) in [7, 11) is 2.61. The van der Waals surface area contributed by atoms with Crippen LogP contribution < -0.4 is 14.8 Å². The predicted molar refractivity (Wildman–Crippen MR) is 127 cm³/mol. The number of hydrogen-bond donors (Lipinski definition) is 1. The van der Waals surface area contributed by atoms with Gasteiger partial charge in [-0.15, -0.1) is 11.3 Å². The van der Waals surface area contributed by atoms with Crippen molar-refractivity contribution in [1.29, 1.82) is 0 Å². The SMILES string of the molecule is COC(=O)c1sc(NC(=S)N2CCN(Cc3ccc4c(c3)OCO4)CC2)c(C(=O)OC)c1C. The highest BCUT2D eigenvalue weighted by Crippen LogP contribution is 2.35. The van der Waals surface area contributed by atoms with E-state index in [0.717, 1.165) is 55.6 Å². The largest absolute Gasteiger partial charge is 0.465 e. The van der Waals surface area contributed by atoms with Gasteiger partial charge in [-0.25, -0.2) is 9.59 Å². The van der Waals surface area contributed by atoms with E-state index in [1.807, 2.05) is 12.1 Å². The van der Waals surface area contributed by atoms with Gasteiger partial charge in [0.1, 0.15) is 9.88 Å². The Labute approximate surface area is 201 Å². The van der Waals surface area contributed by atoms with Crippen molar-refractivity contribution < 1.29 is 28.5 Å². The van der Waals surface area contributed by atoms with E-state index < -0.39 is 11.9 Å². The normalized spacial score (nSPS) is 15.3. The first-order valence-electron chi connectivity index (χ1n) is 10.4. The summed E-state index contributed by atoms with van der Waals surface area (Å²) in [6, 6.07) is 6.02. The number of fused-ring (bicyclic) bond motifs is 1. The second-order valence-electron chi connectivity index (χ2n) is 7.62. The van der Waals surface area contributed by atoms with Crippen molar-refractivity contribution in [3.8, 4) is 11.5 Å². The van der Waals surface area contributed by atoms with Gasteiger partial charge in [-0.1, -0.05) is 6.07 Å². The van der Waals surface area contributed by atoms with Crippen LogP contribution in [0.2, 0.25) is 0 Å². The van der Waals surface area contributed by atoms with Gasteiger partial charge < -0.3 is 29.2 Å². The lowest BCUT2D eigenvalue weighted by atomic mass is 10.1. The molecule has 2 aromatic rings. The van der Waals surface area contributed by atoms with E-state index in [1.165, 1.54) is 19.8 Å². The van der Waals surface area contributed by atoms with Crippen LogP contribution in [0.3, 0.4) is 0 Å². The molecule has 33 heavy (non-hydrogen) atoms. The molecule has 4 rings (SSSR count). The second kappa shape index (κ2) is 9.94. The number of hydrogen-bond acceptors (Lipinski definition) is 9. The molecule has 1 N–H and O–H groups in total. The van der Waals surface area contributed by atoms with Crippen molar-refractivity contribution in [3.05, 3.63) is 39.8 Å². The molecule has 2 aliphatic heterocycles. The van der Waals surface area contributed by atoms with Gasteiger partial charge in [-0.2, -0.15) is 0 Å². The summed E-state index contributed by atoms with van der Waals surface area (Å²) in [6.45, 7) is 5.90. The van der Waals surface area contributed by atoms with Crippen LogP contribution in [-0.4, -0.2) is 74.0 Å². The van der Waals surface area contributed by atoms with E-state index in [0.29, 0.717) is 26.1 Å². The van der Waals surface area contributed by atoms with Gasteiger partial charge >= 0.3 is 11.9 Å². The smallest absolute Gasteiger partial charge is 0.348 e. The van der Waals surface area contributed by atoms with Gasteiger partial charge in [-0.3, -0.25) is 4.90 Å². The number of nitrogens with one attached hydrogen (secondary N) is 1. The molecular weight excluding hydrogens is 466 g/mol. The molecule has 0 amide bonds. The number of methoxy groups -OCH3 is 2. The molecule has 1 aromatic carbocycles. The van der Waals surface area contributed by atoms with Crippen LogP contribution in [0.25, 0.3) is 0 Å². The zero-order valence-corrected chi connectivity index (χ0v) is 20.3. The minimum atomic E-state index is -0.530. The maximum atomic E-state index is 12.3. The van der Waals surface area contributed by atoms with E-state index in [2.05, 4.69) is 21.2 Å². The number of esters is 2. The van der Waals surface area contributed by atoms with Gasteiger partial charge in [-0.05, 0) is 42.4 Å². The number of piperazine rings is 1. The Hall–Kier alpha value is -2.89. The monoisotopic (exact) mass is 491 g/mol. The molecule has 0 bridgehead atoms. The van der Waals surface area contributed by atoms with E-state index >= 15 is 0 Å². The quantitative estimate of drug-likeness (QED) is 0.497. The molecule has 0 saturated carbocycles. The summed E-state index contributed by atoms with van der Waals surface area (Å²) >= 11 is 6.75. The van der Waals surface area contributed by atoms with Crippen LogP contribution in [0.4, 0.5) is 5.00 Å². The zero-order valence-electron chi connectivity index (χ0n) is 18.6. The van der Waals surface area contributed by atoms with Crippen molar-refractivity contribution in [2.24, 2.45) is 0 Å². The van der Waals surface area contributed by atoms with Crippen LogP contribution in [0, 0.1) is 6.92 Å². The first-order valence-corrected chi connectivity index (χ1v) is 11.6. The van der Waals surface area contributed by atoms with Gasteiger partial charge in [0.2, 0.25) is 6.79 Å². The van der Waals surface area contributed by atoms with Crippen molar-refractivity contribution in [2.45, 2.75) is 13.5 Å². The van der Waals surface area contributed by atoms with Crippen molar-refractivity contribution >= 4 is 45.6 Å². The number of rotatable bonds is 5. The summed E-state index contributed by atoms with van der Waals surface area (Å²) in [6.07, 6.45) is 0. The Kier molecular flexibility index (Phi) is 7.01. The predicted octanol–water partition coefficient (Wildman–Crippen LogP) is 2.87. The van der Waals surface area contributed by atoms with E-state index in [1.54, 1.807) is 6.92 Å². The van der Waals surface area contributed by atoms with Crippen LogP contribution >= 0.6 is 23.6 Å². The number of benzene rings is 1. The molecule has 0 aliphatic carbocycles. The zero-order chi connectivity index (χ0) is 23.5. The minimum absolute atomic E-state index is 0.268. The highest BCUT2D eigenvalue weighted by Gasteiger charge is 2.28. The molecular formula is C22H25N3O6S2. The summed E-state index contributed by atoms with van der Waals surface area (Å²) < 4.78 is 20.6. The molecule has 9 nitrogen and oxygen atoms in total. The molecule has 1 fully saturated rings. The summed E-state index contributed by atoms with van der Waals surface area (Å²) in [5.41, 5.74) is 1.98. The molecule has 176 valence electrons.